The van der Waals surface area contributed by atoms with E-state index in [0.29, 0.717) is 5.92 Å². The van der Waals surface area contributed by atoms with E-state index in [1.165, 1.54) is 32.1 Å². The van der Waals surface area contributed by atoms with Crippen LogP contribution in [0.2, 0.25) is 0 Å². The summed E-state index contributed by atoms with van der Waals surface area (Å²) >= 11 is 18.5. The van der Waals surface area contributed by atoms with Crippen molar-refractivity contribution >= 4 is 34.8 Å². The number of rotatable bonds is 13. The molecule has 0 aromatic carbocycles. The lowest BCUT2D eigenvalue weighted by molar-refractivity contribution is 0.234. The van der Waals surface area contributed by atoms with E-state index < -0.39 is 3.79 Å². The fourth-order valence-electron chi connectivity index (χ4n) is 2.68. The van der Waals surface area contributed by atoms with Crippen LogP contribution in [0.25, 0.3) is 0 Å². The molecule has 0 saturated carbocycles. The number of hydrogen-bond donors (Lipinski definition) is 0. The van der Waals surface area contributed by atoms with Crippen LogP contribution in [0.15, 0.2) is 12.3 Å². The van der Waals surface area contributed by atoms with E-state index >= 15 is 0 Å². The SMILES string of the molecule is CC=COCCCCC(CC(C)CCCCCC)C(Cl)(Cl)Cl. The standard InChI is InChI=1S/C18H33Cl3O/c1-4-6-7-8-11-16(3)15-17(18(19,20)21)12-9-10-14-22-13-5-2/h5,13,16-17H,4,6-12,14-15H2,1-3H3. The second kappa shape index (κ2) is 13.8. The first-order valence-electron chi connectivity index (χ1n) is 8.71. The van der Waals surface area contributed by atoms with Crippen LogP contribution in [-0.2, 0) is 4.74 Å². The summed E-state index contributed by atoms with van der Waals surface area (Å²) in [6.07, 6.45) is 14.1. The van der Waals surface area contributed by atoms with Crippen LogP contribution in [0.5, 0.6) is 0 Å². The van der Waals surface area contributed by atoms with E-state index in [1.54, 1.807) is 6.26 Å². The molecule has 0 saturated heterocycles. The second-order valence-electron chi connectivity index (χ2n) is 6.26. The van der Waals surface area contributed by atoms with E-state index in [2.05, 4.69) is 13.8 Å². The monoisotopic (exact) mass is 370 g/mol. The fraction of sp³-hybridized carbons (Fsp3) is 0.889. The fourth-order valence-corrected chi connectivity index (χ4v) is 3.27. The van der Waals surface area contributed by atoms with E-state index in [0.717, 1.165) is 32.3 Å². The summed E-state index contributed by atoms with van der Waals surface area (Å²) < 4.78 is 4.18. The molecule has 2 unspecified atom stereocenters. The van der Waals surface area contributed by atoms with Crippen LogP contribution in [0.4, 0.5) is 0 Å². The second-order valence-corrected chi connectivity index (χ2v) is 8.63. The smallest absolute Gasteiger partial charge is 0.193 e. The Morgan fingerprint density at radius 1 is 1.00 bits per heavy atom. The molecule has 0 aliphatic heterocycles. The molecule has 0 N–H and O–H groups in total. The molecule has 0 aliphatic carbocycles. The minimum Gasteiger partial charge on any atom is -0.502 e. The summed E-state index contributed by atoms with van der Waals surface area (Å²) in [5, 5.41) is 0. The maximum Gasteiger partial charge on any atom is 0.193 e. The highest BCUT2D eigenvalue weighted by molar-refractivity contribution is 6.67. The number of allylic oxidation sites excluding steroid dienone is 1. The highest BCUT2D eigenvalue weighted by Crippen LogP contribution is 2.41. The quantitative estimate of drug-likeness (QED) is 0.183. The Kier molecular flexibility index (Phi) is 14.1. The van der Waals surface area contributed by atoms with Crippen LogP contribution in [-0.4, -0.2) is 10.4 Å². The molecule has 0 bridgehead atoms. The van der Waals surface area contributed by atoms with Gasteiger partial charge in [-0.15, -0.1) is 0 Å². The molecular formula is C18H33Cl3O. The van der Waals surface area contributed by atoms with E-state index in [1.807, 2.05) is 13.0 Å². The molecule has 0 aliphatic rings. The van der Waals surface area contributed by atoms with E-state index in [-0.39, 0.29) is 5.92 Å². The van der Waals surface area contributed by atoms with Gasteiger partial charge in [0.05, 0.1) is 12.9 Å². The molecule has 0 radical (unpaired) electrons. The van der Waals surface area contributed by atoms with Gasteiger partial charge in [-0.25, -0.2) is 0 Å². The van der Waals surface area contributed by atoms with Gasteiger partial charge in [0.1, 0.15) is 0 Å². The van der Waals surface area contributed by atoms with Gasteiger partial charge in [0.25, 0.3) is 0 Å². The average molecular weight is 372 g/mol. The lowest BCUT2D eigenvalue weighted by Crippen LogP contribution is -2.22. The zero-order chi connectivity index (χ0) is 16.8. The van der Waals surface area contributed by atoms with E-state index in [4.69, 9.17) is 39.5 Å². The molecule has 2 atom stereocenters. The molecule has 0 heterocycles. The first kappa shape index (κ1) is 22.4. The van der Waals surface area contributed by atoms with Gasteiger partial charge in [0.2, 0.25) is 0 Å². The summed E-state index contributed by atoms with van der Waals surface area (Å²) in [5.74, 6) is 0.761. The Labute approximate surface area is 152 Å². The lowest BCUT2D eigenvalue weighted by atomic mass is 9.89. The molecule has 22 heavy (non-hydrogen) atoms. The summed E-state index contributed by atoms with van der Waals surface area (Å²) in [5.41, 5.74) is 0. The van der Waals surface area contributed by atoms with Gasteiger partial charge in [-0.3, -0.25) is 0 Å². The third-order valence-electron chi connectivity index (χ3n) is 4.00. The van der Waals surface area contributed by atoms with Crippen molar-refractivity contribution in [3.8, 4) is 0 Å². The van der Waals surface area contributed by atoms with Crippen molar-refractivity contribution in [2.75, 3.05) is 6.61 Å². The molecule has 0 spiro atoms. The predicted octanol–water partition coefficient (Wildman–Crippen LogP) is 7.69. The van der Waals surface area contributed by atoms with Gasteiger partial charge in [-0.1, -0.05) is 86.8 Å². The summed E-state index contributed by atoms with van der Waals surface area (Å²) in [7, 11) is 0. The van der Waals surface area contributed by atoms with Gasteiger partial charge >= 0.3 is 0 Å². The lowest BCUT2D eigenvalue weighted by Gasteiger charge is -2.27. The van der Waals surface area contributed by atoms with Gasteiger partial charge in [-0.05, 0) is 38.5 Å². The number of ether oxygens (including phenoxy) is 1. The molecule has 132 valence electrons. The van der Waals surface area contributed by atoms with Crippen molar-refractivity contribution in [3.05, 3.63) is 12.3 Å². The average Bonchev–Trinajstić information content (AvgIpc) is 2.45. The molecule has 0 aromatic rings. The Balaban J connectivity index is 4.02. The number of hydrogen-bond acceptors (Lipinski definition) is 1. The van der Waals surface area contributed by atoms with Gasteiger partial charge in [-0.2, -0.15) is 0 Å². The first-order valence-corrected chi connectivity index (χ1v) is 9.84. The molecule has 4 heteroatoms. The summed E-state index contributed by atoms with van der Waals surface area (Å²) in [6.45, 7) is 7.21. The molecular weight excluding hydrogens is 339 g/mol. The van der Waals surface area contributed by atoms with Crippen LogP contribution in [0.3, 0.4) is 0 Å². The maximum atomic E-state index is 6.18. The van der Waals surface area contributed by atoms with Crippen molar-refractivity contribution in [2.24, 2.45) is 11.8 Å². The third-order valence-corrected chi connectivity index (χ3v) is 4.92. The Bertz CT molecular complexity index is 274. The molecule has 1 nitrogen and oxygen atoms in total. The third kappa shape index (κ3) is 12.9. The van der Waals surface area contributed by atoms with Gasteiger partial charge < -0.3 is 4.74 Å². The number of alkyl halides is 3. The molecule has 0 aromatic heterocycles. The molecule has 0 amide bonds. The van der Waals surface area contributed by atoms with Crippen LogP contribution < -0.4 is 0 Å². The van der Waals surface area contributed by atoms with Crippen molar-refractivity contribution in [1.29, 1.82) is 0 Å². The molecule has 0 rings (SSSR count). The zero-order valence-corrected chi connectivity index (χ0v) is 16.7. The first-order chi connectivity index (χ1) is 10.4. The Morgan fingerprint density at radius 3 is 2.27 bits per heavy atom. The Hall–Kier alpha value is 0.410. The van der Waals surface area contributed by atoms with Crippen molar-refractivity contribution < 1.29 is 4.74 Å². The normalized spacial score (nSPS) is 15.2. The number of unbranched alkanes of at least 4 members (excludes halogenated alkanes) is 4. The van der Waals surface area contributed by atoms with Crippen LogP contribution >= 0.6 is 34.8 Å². The predicted molar refractivity (Wildman–Crippen MR) is 101 cm³/mol. The van der Waals surface area contributed by atoms with Gasteiger partial charge in [0.15, 0.2) is 3.79 Å². The highest BCUT2D eigenvalue weighted by Gasteiger charge is 2.32. The zero-order valence-electron chi connectivity index (χ0n) is 14.4. The minimum atomic E-state index is -1.15. The summed E-state index contributed by atoms with van der Waals surface area (Å²) in [4.78, 5) is 0. The molecule has 0 fully saturated rings. The van der Waals surface area contributed by atoms with Gasteiger partial charge in [0, 0.05) is 5.92 Å². The van der Waals surface area contributed by atoms with Crippen molar-refractivity contribution in [1.82, 2.24) is 0 Å². The Morgan fingerprint density at radius 2 is 1.68 bits per heavy atom. The van der Waals surface area contributed by atoms with Crippen LogP contribution in [0.1, 0.15) is 78.6 Å². The summed E-state index contributed by atoms with van der Waals surface area (Å²) in [6, 6.07) is 0. The number of halogens is 3. The minimum absolute atomic E-state index is 0.139. The van der Waals surface area contributed by atoms with Crippen LogP contribution in [0, 0.1) is 11.8 Å². The largest absolute Gasteiger partial charge is 0.502 e. The van der Waals surface area contributed by atoms with Crippen molar-refractivity contribution in [2.45, 2.75) is 82.4 Å². The topological polar surface area (TPSA) is 9.23 Å². The van der Waals surface area contributed by atoms with Crippen molar-refractivity contribution in [3.63, 3.8) is 0 Å². The highest BCUT2D eigenvalue weighted by atomic mass is 35.6. The van der Waals surface area contributed by atoms with E-state index in [9.17, 15) is 0 Å². The maximum absolute atomic E-state index is 6.18.